The van der Waals surface area contributed by atoms with E-state index in [1.807, 2.05) is 0 Å². The monoisotopic (exact) mass is 114 g/mol. The molecular formula is C6H14N2. The van der Waals surface area contributed by atoms with Crippen LogP contribution in [0.5, 0.6) is 0 Å². The molecule has 0 heterocycles. The quantitative estimate of drug-likeness (QED) is 0.485. The van der Waals surface area contributed by atoms with Crippen molar-refractivity contribution in [3.8, 4) is 0 Å². The molecule has 0 saturated heterocycles. The zero-order chi connectivity index (χ0) is 6.24. The third-order valence-electron chi connectivity index (χ3n) is 0.832. The Morgan fingerprint density at radius 3 is 1.50 bits per heavy atom. The fraction of sp³-hybridized carbons (Fsp3) is 0.667. The SMILES string of the molecule is [CH2]CNCCNC[CH2]. The zero-order valence-corrected chi connectivity index (χ0v) is 5.24. The highest BCUT2D eigenvalue weighted by Crippen LogP contribution is 1.55. The van der Waals surface area contributed by atoms with Crippen LogP contribution in [0.25, 0.3) is 0 Å². The Bertz CT molecular complexity index is 31.5. The van der Waals surface area contributed by atoms with Gasteiger partial charge in [0, 0.05) is 13.1 Å². The van der Waals surface area contributed by atoms with Crippen LogP contribution >= 0.6 is 0 Å². The highest BCUT2D eigenvalue weighted by atomic mass is 14.9. The van der Waals surface area contributed by atoms with Gasteiger partial charge in [-0.25, -0.2) is 0 Å². The lowest BCUT2D eigenvalue weighted by Crippen LogP contribution is -2.26. The van der Waals surface area contributed by atoms with Crippen molar-refractivity contribution in [1.29, 1.82) is 0 Å². The van der Waals surface area contributed by atoms with Crippen molar-refractivity contribution in [2.75, 3.05) is 26.2 Å². The van der Waals surface area contributed by atoms with E-state index in [4.69, 9.17) is 0 Å². The third-order valence-corrected chi connectivity index (χ3v) is 0.832. The highest BCUT2D eigenvalue weighted by molar-refractivity contribution is 4.52. The van der Waals surface area contributed by atoms with Gasteiger partial charge < -0.3 is 10.6 Å². The van der Waals surface area contributed by atoms with Crippen LogP contribution in [0.15, 0.2) is 0 Å². The summed E-state index contributed by atoms with van der Waals surface area (Å²) in [5.41, 5.74) is 0. The molecule has 8 heavy (non-hydrogen) atoms. The summed E-state index contributed by atoms with van der Waals surface area (Å²) in [5.74, 6) is 0. The molecule has 0 unspecified atom stereocenters. The van der Waals surface area contributed by atoms with Crippen LogP contribution in [-0.4, -0.2) is 26.2 Å². The lowest BCUT2D eigenvalue weighted by atomic mass is 10.6. The molecule has 2 N–H and O–H groups in total. The summed E-state index contributed by atoms with van der Waals surface area (Å²) >= 11 is 0. The molecule has 0 aromatic heterocycles. The largest absolute Gasteiger partial charge is 0.315 e. The number of hydrogen-bond donors (Lipinski definition) is 2. The minimum atomic E-state index is 0.804. The molecule has 0 bridgehead atoms. The van der Waals surface area contributed by atoms with Crippen LogP contribution in [-0.2, 0) is 0 Å². The smallest absolute Gasteiger partial charge is 0.00767 e. The van der Waals surface area contributed by atoms with E-state index in [1.165, 1.54) is 0 Å². The highest BCUT2D eigenvalue weighted by Gasteiger charge is 1.79. The van der Waals surface area contributed by atoms with E-state index in [0.29, 0.717) is 0 Å². The molecule has 0 aromatic carbocycles. The topological polar surface area (TPSA) is 24.1 Å². The van der Waals surface area contributed by atoms with E-state index >= 15 is 0 Å². The second-order valence-electron chi connectivity index (χ2n) is 1.50. The molecule has 2 heteroatoms. The van der Waals surface area contributed by atoms with Crippen LogP contribution in [0.2, 0.25) is 0 Å². The fourth-order valence-electron chi connectivity index (χ4n) is 0.427. The first-order valence-electron chi connectivity index (χ1n) is 2.91. The molecule has 0 rings (SSSR count). The Morgan fingerprint density at radius 2 is 1.25 bits per heavy atom. The van der Waals surface area contributed by atoms with Crippen LogP contribution in [0.1, 0.15) is 0 Å². The number of nitrogens with one attached hydrogen (secondary N) is 2. The fourth-order valence-corrected chi connectivity index (χ4v) is 0.427. The second-order valence-corrected chi connectivity index (χ2v) is 1.50. The summed E-state index contributed by atoms with van der Waals surface area (Å²) in [6.07, 6.45) is 0. The summed E-state index contributed by atoms with van der Waals surface area (Å²) in [6, 6.07) is 0. The number of hydrogen-bond acceptors (Lipinski definition) is 2. The maximum Gasteiger partial charge on any atom is 0.00767 e. The normalized spacial score (nSPS) is 9.75. The lowest BCUT2D eigenvalue weighted by molar-refractivity contribution is 0.666. The molecule has 0 aliphatic carbocycles. The molecule has 2 nitrogen and oxygen atoms in total. The van der Waals surface area contributed by atoms with Crippen LogP contribution in [0.4, 0.5) is 0 Å². The first kappa shape index (κ1) is 7.92. The average molecular weight is 114 g/mol. The van der Waals surface area contributed by atoms with Gasteiger partial charge in [0.1, 0.15) is 0 Å². The van der Waals surface area contributed by atoms with Gasteiger partial charge in [-0.05, 0) is 26.9 Å². The molecular weight excluding hydrogens is 100 g/mol. The van der Waals surface area contributed by atoms with Gasteiger partial charge in [0.05, 0.1) is 0 Å². The minimum Gasteiger partial charge on any atom is -0.315 e. The standard InChI is InChI=1S/C6H14N2/c1-3-7-5-6-8-4-2/h7-8H,1-6H2. The molecule has 0 amide bonds. The predicted octanol–water partition coefficient (Wildman–Crippen LogP) is -0.166. The van der Waals surface area contributed by atoms with Crippen LogP contribution < -0.4 is 10.6 Å². The van der Waals surface area contributed by atoms with Gasteiger partial charge in [0.25, 0.3) is 0 Å². The van der Waals surface area contributed by atoms with Crippen molar-refractivity contribution >= 4 is 0 Å². The van der Waals surface area contributed by atoms with Crippen LogP contribution in [0.3, 0.4) is 0 Å². The molecule has 0 atom stereocenters. The molecule has 0 aliphatic rings. The van der Waals surface area contributed by atoms with Gasteiger partial charge >= 0.3 is 0 Å². The predicted molar refractivity (Wildman–Crippen MR) is 36.5 cm³/mol. The molecule has 0 fully saturated rings. The first-order valence-corrected chi connectivity index (χ1v) is 2.91. The maximum atomic E-state index is 3.63. The molecule has 0 spiro atoms. The Kier molecular flexibility index (Phi) is 6.85. The minimum absolute atomic E-state index is 0.804. The third kappa shape index (κ3) is 5.92. The van der Waals surface area contributed by atoms with Gasteiger partial charge in [-0.1, -0.05) is 0 Å². The van der Waals surface area contributed by atoms with Crippen molar-refractivity contribution in [1.82, 2.24) is 10.6 Å². The molecule has 0 aromatic rings. The first-order chi connectivity index (χ1) is 3.91. The summed E-state index contributed by atoms with van der Waals surface area (Å²) in [7, 11) is 0. The van der Waals surface area contributed by atoms with Crippen molar-refractivity contribution in [3.05, 3.63) is 13.8 Å². The molecule has 48 valence electrons. The Balaban J connectivity index is 2.53. The van der Waals surface area contributed by atoms with E-state index in [1.54, 1.807) is 0 Å². The van der Waals surface area contributed by atoms with E-state index in [-0.39, 0.29) is 0 Å². The van der Waals surface area contributed by atoms with Crippen molar-refractivity contribution in [2.45, 2.75) is 0 Å². The van der Waals surface area contributed by atoms with Gasteiger partial charge in [0.15, 0.2) is 0 Å². The molecule has 2 radical (unpaired) electrons. The lowest BCUT2D eigenvalue weighted by Gasteiger charge is -1.99. The summed E-state index contributed by atoms with van der Waals surface area (Å²) in [4.78, 5) is 0. The van der Waals surface area contributed by atoms with Crippen molar-refractivity contribution in [3.63, 3.8) is 0 Å². The van der Waals surface area contributed by atoms with E-state index in [2.05, 4.69) is 24.5 Å². The average Bonchev–Trinajstić information content (AvgIpc) is 1.81. The Morgan fingerprint density at radius 1 is 0.875 bits per heavy atom. The Labute approximate surface area is 51.7 Å². The van der Waals surface area contributed by atoms with Gasteiger partial charge in [0.2, 0.25) is 0 Å². The van der Waals surface area contributed by atoms with Crippen molar-refractivity contribution in [2.24, 2.45) is 0 Å². The Hall–Kier alpha value is -0.0800. The number of rotatable bonds is 5. The molecule has 0 aliphatic heterocycles. The second kappa shape index (κ2) is 6.92. The summed E-state index contributed by atoms with van der Waals surface area (Å²) in [6.45, 7) is 10.8. The maximum absolute atomic E-state index is 3.63. The van der Waals surface area contributed by atoms with E-state index < -0.39 is 0 Å². The van der Waals surface area contributed by atoms with Crippen LogP contribution in [0, 0.1) is 13.8 Å². The van der Waals surface area contributed by atoms with E-state index in [9.17, 15) is 0 Å². The van der Waals surface area contributed by atoms with Gasteiger partial charge in [-0.15, -0.1) is 0 Å². The van der Waals surface area contributed by atoms with Crippen molar-refractivity contribution < 1.29 is 0 Å². The zero-order valence-electron chi connectivity index (χ0n) is 5.24. The summed E-state index contributed by atoms with van der Waals surface area (Å²) < 4.78 is 0. The molecule has 0 saturated carbocycles. The van der Waals surface area contributed by atoms with Gasteiger partial charge in [-0.3, -0.25) is 0 Å². The summed E-state index contributed by atoms with van der Waals surface area (Å²) in [5, 5.41) is 6.16. The van der Waals surface area contributed by atoms with Gasteiger partial charge in [-0.2, -0.15) is 0 Å². The van der Waals surface area contributed by atoms with E-state index in [0.717, 1.165) is 26.2 Å².